The van der Waals surface area contributed by atoms with Gasteiger partial charge in [-0.15, -0.1) is 0 Å². The van der Waals surface area contributed by atoms with Crippen LogP contribution in [0.4, 0.5) is 29.0 Å². The molecule has 0 bridgehead atoms. The Kier molecular flexibility index (Phi) is 7.71. The van der Waals surface area contributed by atoms with Crippen LogP contribution < -0.4 is 21.9 Å². The summed E-state index contributed by atoms with van der Waals surface area (Å²) in [7, 11) is 0. The van der Waals surface area contributed by atoms with Gasteiger partial charge in [0.25, 0.3) is 11.5 Å². The van der Waals surface area contributed by atoms with E-state index in [0.29, 0.717) is 11.3 Å². The molecule has 35 heavy (non-hydrogen) atoms. The van der Waals surface area contributed by atoms with Crippen LogP contribution in [0.2, 0.25) is 5.02 Å². The summed E-state index contributed by atoms with van der Waals surface area (Å²) in [5.74, 6) is -2.33. The van der Waals surface area contributed by atoms with Crippen molar-refractivity contribution in [2.75, 3.05) is 10.6 Å². The predicted molar refractivity (Wildman–Crippen MR) is 125 cm³/mol. The zero-order valence-electron chi connectivity index (χ0n) is 17.3. The summed E-state index contributed by atoms with van der Waals surface area (Å²) >= 11 is 7.15. The number of aliphatic imine (C=N–C) groups is 1. The molecule has 1 amide bonds. The normalized spacial score (nSPS) is 14.0. The van der Waals surface area contributed by atoms with E-state index in [4.69, 9.17) is 17.3 Å². The van der Waals surface area contributed by atoms with E-state index in [2.05, 4.69) is 19.7 Å². The van der Waals surface area contributed by atoms with Crippen molar-refractivity contribution in [3.05, 3.63) is 49.6 Å². The van der Waals surface area contributed by atoms with E-state index in [1.54, 1.807) is 0 Å². The molecule has 3 rings (SSSR count). The highest BCUT2D eigenvalue weighted by molar-refractivity contribution is 7.18. The molecule has 0 aliphatic carbocycles. The van der Waals surface area contributed by atoms with Gasteiger partial charge >= 0.3 is 6.18 Å². The second-order valence-corrected chi connectivity index (χ2v) is 9.04. The fourth-order valence-corrected chi connectivity index (χ4v) is 4.40. The minimum Gasteiger partial charge on any atom is -0.492 e. The van der Waals surface area contributed by atoms with Gasteiger partial charge in [-0.25, -0.2) is 4.99 Å². The number of rotatable bonds is 7. The minimum absolute atomic E-state index is 0.0419. The molecule has 17 heteroatoms. The van der Waals surface area contributed by atoms with Crippen molar-refractivity contribution in [2.24, 2.45) is 10.7 Å². The molecule has 2 unspecified atom stereocenters. The Labute approximate surface area is 206 Å². The van der Waals surface area contributed by atoms with Crippen LogP contribution in [0.3, 0.4) is 0 Å². The molecule has 8 N–H and O–H groups in total. The Morgan fingerprint density at radius 2 is 2.03 bits per heavy atom. The van der Waals surface area contributed by atoms with Gasteiger partial charge < -0.3 is 31.7 Å². The first-order chi connectivity index (χ1) is 16.3. The van der Waals surface area contributed by atoms with Gasteiger partial charge in [-0.3, -0.25) is 14.0 Å². The van der Waals surface area contributed by atoms with Gasteiger partial charge in [0.1, 0.15) is 16.4 Å². The van der Waals surface area contributed by atoms with Gasteiger partial charge in [0.15, 0.2) is 16.2 Å². The zero-order valence-corrected chi connectivity index (χ0v) is 19.7. The summed E-state index contributed by atoms with van der Waals surface area (Å²) < 4.78 is 42.2. The third kappa shape index (κ3) is 5.91. The molecule has 0 aliphatic heterocycles. The Bertz CT molecular complexity index is 1340. The predicted octanol–water partition coefficient (Wildman–Crippen LogP) is 2.67. The van der Waals surface area contributed by atoms with Crippen LogP contribution in [0.5, 0.6) is 5.88 Å². The second kappa shape index (κ2) is 10.2. The molecule has 0 spiro atoms. The van der Waals surface area contributed by atoms with Gasteiger partial charge in [0.05, 0.1) is 22.4 Å². The number of anilines is 3. The standard InChI is InChI=1S/C18H16ClF3N6O5S2/c1-5(29)12(30)25-11(23)8-13(31)28-35-16(8)27-17-26-15(33)10(34-17)14(32)24-9-6(18(20,21)22)3-2-4-7(9)19/h2-5,12,29-30,33H,1H3,(H2,23,25)(H,24,32)(H,26,27)(H,28,31). The number of para-hydroxylation sites is 1. The molecular formula is C18H16ClF3N6O5S2. The number of aromatic amines is 1. The van der Waals surface area contributed by atoms with Crippen LogP contribution in [0, 0.1) is 0 Å². The number of amidine groups is 1. The van der Waals surface area contributed by atoms with Crippen LogP contribution in [0.1, 0.15) is 27.7 Å². The van der Waals surface area contributed by atoms with E-state index in [1.165, 1.54) is 6.92 Å². The highest BCUT2D eigenvalue weighted by Crippen LogP contribution is 2.39. The van der Waals surface area contributed by atoms with E-state index in [-0.39, 0.29) is 20.7 Å². The number of halogens is 4. The maximum atomic E-state index is 13.3. The monoisotopic (exact) mass is 552 g/mol. The van der Waals surface area contributed by atoms with Crippen molar-refractivity contribution in [1.29, 1.82) is 0 Å². The van der Waals surface area contributed by atoms with Crippen molar-refractivity contribution < 1.29 is 33.3 Å². The molecule has 2 aromatic heterocycles. The van der Waals surface area contributed by atoms with E-state index >= 15 is 0 Å². The van der Waals surface area contributed by atoms with E-state index in [0.717, 1.165) is 29.7 Å². The quantitative estimate of drug-likeness (QED) is 0.172. The Morgan fingerprint density at radius 3 is 2.66 bits per heavy atom. The van der Waals surface area contributed by atoms with Gasteiger partial charge in [-0.05, 0) is 30.6 Å². The summed E-state index contributed by atoms with van der Waals surface area (Å²) in [6.07, 6.45) is -7.68. The SMILES string of the molecule is CC(O)C(O)/N=C(\N)c1c(Nc2nc(O)c(C(=O)Nc3c(Cl)cccc3C(F)(F)F)s2)s[nH]c1=O. The number of benzene rings is 1. The molecule has 0 radical (unpaired) electrons. The first kappa shape index (κ1) is 26.4. The lowest BCUT2D eigenvalue weighted by Gasteiger charge is -2.14. The molecule has 2 atom stereocenters. The van der Waals surface area contributed by atoms with Crippen molar-refractivity contribution in [3.63, 3.8) is 0 Å². The first-order valence-corrected chi connectivity index (χ1v) is 11.4. The molecule has 1 aromatic carbocycles. The lowest BCUT2D eigenvalue weighted by Crippen LogP contribution is -2.28. The third-order valence-electron chi connectivity index (χ3n) is 4.25. The summed E-state index contributed by atoms with van der Waals surface area (Å²) in [5.41, 5.74) is 2.99. The molecule has 0 saturated heterocycles. The number of alkyl halides is 3. The Morgan fingerprint density at radius 1 is 1.34 bits per heavy atom. The highest BCUT2D eigenvalue weighted by atomic mass is 35.5. The largest absolute Gasteiger partial charge is 0.492 e. The number of hydrogen-bond acceptors (Lipinski definition) is 10. The molecule has 0 aliphatic rings. The van der Waals surface area contributed by atoms with Crippen LogP contribution in [-0.4, -0.2) is 48.8 Å². The summed E-state index contributed by atoms with van der Waals surface area (Å²) in [6, 6.07) is 2.96. The zero-order chi connectivity index (χ0) is 26.1. The van der Waals surface area contributed by atoms with Crippen molar-refractivity contribution in [2.45, 2.75) is 25.4 Å². The first-order valence-electron chi connectivity index (χ1n) is 9.34. The molecule has 3 aromatic rings. The van der Waals surface area contributed by atoms with E-state index in [9.17, 15) is 38.1 Å². The smallest absolute Gasteiger partial charge is 0.418 e. The number of hydrogen-bond donors (Lipinski definition) is 7. The van der Waals surface area contributed by atoms with Crippen LogP contribution in [0.15, 0.2) is 28.0 Å². The number of aliphatic hydroxyl groups is 2. The van der Waals surface area contributed by atoms with Gasteiger partial charge in [-0.1, -0.05) is 29.0 Å². The number of H-pyrrole nitrogens is 1. The maximum absolute atomic E-state index is 13.3. The number of aromatic nitrogens is 2. The highest BCUT2D eigenvalue weighted by Gasteiger charge is 2.35. The average molecular weight is 553 g/mol. The van der Waals surface area contributed by atoms with Crippen molar-refractivity contribution in [3.8, 4) is 5.88 Å². The topological polar surface area (TPSA) is 186 Å². The number of carbonyl (C=O) groups excluding carboxylic acids is 1. The second-order valence-electron chi connectivity index (χ2n) is 6.82. The van der Waals surface area contributed by atoms with E-state index < -0.39 is 57.8 Å². The molecule has 188 valence electrons. The van der Waals surface area contributed by atoms with Gasteiger partial charge in [-0.2, -0.15) is 18.2 Å². The summed E-state index contributed by atoms with van der Waals surface area (Å²) in [5, 5.41) is 33.3. The number of thiazole rings is 1. The molecule has 2 heterocycles. The van der Waals surface area contributed by atoms with Crippen LogP contribution >= 0.6 is 34.5 Å². The van der Waals surface area contributed by atoms with Gasteiger partial charge in [0.2, 0.25) is 5.88 Å². The Balaban J connectivity index is 1.88. The third-order valence-corrected chi connectivity index (χ3v) is 6.32. The fourth-order valence-electron chi connectivity index (χ4n) is 2.61. The summed E-state index contributed by atoms with van der Waals surface area (Å²) in [6.45, 7) is 1.25. The van der Waals surface area contributed by atoms with Crippen LogP contribution in [0.25, 0.3) is 0 Å². The minimum atomic E-state index is -4.80. The number of nitrogens with one attached hydrogen (secondary N) is 3. The number of aromatic hydroxyl groups is 1. The number of nitrogens with two attached hydrogens (primary N) is 1. The van der Waals surface area contributed by atoms with Crippen LogP contribution in [-0.2, 0) is 6.18 Å². The Hall–Kier alpha value is -3.18. The lowest BCUT2D eigenvalue weighted by atomic mass is 10.1. The van der Waals surface area contributed by atoms with Gasteiger partial charge in [0, 0.05) is 0 Å². The van der Waals surface area contributed by atoms with Crippen molar-refractivity contribution >= 4 is 62.0 Å². The fraction of sp³-hybridized carbons (Fsp3) is 0.222. The molecule has 0 saturated carbocycles. The maximum Gasteiger partial charge on any atom is 0.418 e. The summed E-state index contributed by atoms with van der Waals surface area (Å²) in [4.78, 5) is 31.6. The molecule has 11 nitrogen and oxygen atoms in total. The lowest BCUT2D eigenvalue weighted by molar-refractivity contribution is -0.136. The van der Waals surface area contributed by atoms with E-state index in [1.807, 2.05) is 5.32 Å². The molecular weight excluding hydrogens is 537 g/mol. The average Bonchev–Trinajstić information content (AvgIpc) is 3.30. The van der Waals surface area contributed by atoms with Crippen molar-refractivity contribution in [1.82, 2.24) is 9.36 Å². The molecule has 0 fully saturated rings. The number of nitrogens with zero attached hydrogens (tertiary/aromatic N) is 2. The number of carbonyl (C=O) groups is 1. The number of amides is 1. The number of aliphatic hydroxyl groups excluding tert-OH is 2.